The van der Waals surface area contributed by atoms with Crippen LogP contribution in [-0.2, 0) is 6.42 Å². The molecule has 0 N–H and O–H groups in total. The van der Waals surface area contributed by atoms with Crippen LogP contribution in [-0.4, -0.2) is 0 Å². The van der Waals surface area contributed by atoms with E-state index in [2.05, 4.69) is 25.1 Å². The number of hydrogen-bond acceptors (Lipinski definition) is 0. The molecule has 3 aromatic rings. The van der Waals surface area contributed by atoms with Crippen LogP contribution in [0.1, 0.15) is 25.3 Å². The molecule has 0 radical (unpaired) electrons. The van der Waals surface area contributed by atoms with Crippen LogP contribution in [0.4, 0.5) is 0 Å². The van der Waals surface area contributed by atoms with Crippen molar-refractivity contribution in [2.45, 2.75) is 26.2 Å². The maximum Gasteiger partial charge on any atom is 0.0484 e. The van der Waals surface area contributed by atoms with Crippen molar-refractivity contribution in [2.24, 2.45) is 0 Å². The van der Waals surface area contributed by atoms with Gasteiger partial charge in [-0.05, 0) is 47.4 Å². The molecule has 0 amide bonds. The van der Waals surface area contributed by atoms with Crippen LogP contribution in [0.25, 0.3) is 21.5 Å². The Bertz CT molecular complexity index is 715. The molecule has 0 aliphatic carbocycles. The van der Waals surface area contributed by atoms with Crippen LogP contribution in [0.15, 0.2) is 42.5 Å². The second kappa shape index (κ2) is 5.63. The minimum atomic E-state index is 0.794. The second-order valence-electron chi connectivity index (χ2n) is 5.13. The molecule has 0 spiro atoms. The molecule has 0 aromatic heterocycles. The monoisotopic (exact) mass is 302 g/mol. The summed E-state index contributed by atoms with van der Waals surface area (Å²) in [6, 6.07) is 14.4. The Labute approximate surface area is 129 Å². The van der Waals surface area contributed by atoms with Gasteiger partial charge >= 0.3 is 0 Å². The molecule has 0 unspecified atom stereocenters. The fraction of sp³-hybridized carbons (Fsp3) is 0.222. The Morgan fingerprint density at radius 1 is 0.800 bits per heavy atom. The third kappa shape index (κ3) is 2.28. The first-order valence-electron chi connectivity index (χ1n) is 7.00. The van der Waals surface area contributed by atoms with Gasteiger partial charge in [-0.15, -0.1) is 0 Å². The summed E-state index contributed by atoms with van der Waals surface area (Å²) in [5, 5.41) is 6.28. The Morgan fingerprint density at radius 2 is 1.35 bits per heavy atom. The smallest absolute Gasteiger partial charge is 0.0484 e. The zero-order valence-electron chi connectivity index (χ0n) is 11.4. The number of benzene rings is 3. The minimum Gasteiger partial charge on any atom is -0.0837 e. The van der Waals surface area contributed by atoms with Gasteiger partial charge in [0.25, 0.3) is 0 Å². The Balaban J connectivity index is 2.43. The highest BCUT2D eigenvalue weighted by molar-refractivity contribution is 6.38. The van der Waals surface area contributed by atoms with Crippen molar-refractivity contribution in [3.63, 3.8) is 0 Å². The minimum absolute atomic E-state index is 0.794. The molecule has 20 heavy (non-hydrogen) atoms. The zero-order chi connectivity index (χ0) is 14.1. The summed E-state index contributed by atoms with van der Waals surface area (Å²) in [5.41, 5.74) is 1.37. The highest BCUT2D eigenvalue weighted by atomic mass is 35.5. The maximum atomic E-state index is 6.37. The van der Waals surface area contributed by atoms with Crippen molar-refractivity contribution in [1.82, 2.24) is 0 Å². The van der Waals surface area contributed by atoms with Crippen LogP contribution in [0.2, 0.25) is 10.0 Å². The molecular weight excluding hydrogens is 287 g/mol. The quantitative estimate of drug-likeness (QED) is 0.476. The highest BCUT2D eigenvalue weighted by Gasteiger charge is 2.11. The molecule has 3 rings (SSSR count). The molecule has 0 heterocycles. The van der Waals surface area contributed by atoms with E-state index in [0.717, 1.165) is 27.2 Å². The Morgan fingerprint density at radius 3 is 1.85 bits per heavy atom. The SMILES string of the molecule is CCCCc1c2cccc(Cl)c2cc2c(Cl)cccc12. The topological polar surface area (TPSA) is 0 Å². The summed E-state index contributed by atoms with van der Waals surface area (Å²) in [7, 11) is 0. The van der Waals surface area contributed by atoms with Crippen molar-refractivity contribution in [2.75, 3.05) is 0 Å². The summed E-state index contributed by atoms with van der Waals surface area (Å²) < 4.78 is 0. The molecule has 0 nitrogen and oxygen atoms in total. The Kier molecular flexibility index (Phi) is 3.87. The molecule has 0 atom stereocenters. The van der Waals surface area contributed by atoms with Crippen LogP contribution in [0.3, 0.4) is 0 Å². The number of rotatable bonds is 3. The van der Waals surface area contributed by atoms with Crippen molar-refractivity contribution in [3.8, 4) is 0 Å². The van der Waals surface area contributed by atoms with E-state index in [0.29, 0.717) is 0 Å². The lowest BCUT2D eigenvalue weighted by atomic mass is 9.93. The first kappa shape index (κ1) is 13.7. The third-order valence-corrected chi connectivity index (χ3v) is 4.48. The Hall–Kier alpha value is -1.24. The summed E-state index contributed by atoms with van der Waals surface area (Å²) in [6.45, 7) is 2.22. The van der Waals surface area contributed by atoms with E-state index in [4.69, 9.17) is 23.2 Å². The first-order chi connectivity index (χ1) is 9.72. The van der Waals surface area contributed by atoms with Crippen LogP contribution in [0, 0.1) is 0 Å². The number of halogens is 2. The van der Waals surface area contributed by atoms with Gasteiger partial charge in [-0.25, -0.2) is 0 Å². The van der Waals surface area contributed by atoms with Crippen LogP contribution < -0.4 is 0 Å². The fourth-order valence-corrected chi connectivity index (χ4v) is 3.26. The molecule has 3 aromatic carbocycles. The molecule has 0 aliphatic rings. The normalized spacial score (nSPS) is 11.3. The van der Waals surface area contributed by atoms with Gasteiger partial charge in [0.15, 0.2) is 0 Å². The third-order valence-electron chi connectivity index (χ3n) is 3.83. The lowest BCUT2D eigenvalue weighted by molar-refractivity contribution is 0.802. The first-order valence-corrected chi connectivity index (χ1v) is 7.76. The van der Waals surface area contributed by atoms with E-state index < -0.39 is 0 Å². The van der Waals surface area contributed by atoms with E-state index in [-0.39, 0.29) is 0 Å². The summed E-state index contributed by atoms with van der Waals surface area (Å²) in [6.07, 6.45) is 3.41. The molecule has 0 bridgehead atoms. The average molecular weight is 303 g/mol. The van der Waals surface area contributed by atoms with Crippen LogP contribution in [0.5, 0.6) is 0 Å². The summed E-state index contributed by atoms with van der Waals surface area (Å²) in [4.78, 5) is 0. The lowest BCUT2D eigenvalue weighted by Gasteiger charge is -2.13. The van der Waals surface area contributed by atoms with Crippen molar-refractivity contribution < 1.29 is 0 Å². The second-order valence-corrected chi connectivity index (χ2v) is 5.94. The average Bonchev–Trinajstić information content (AvgIpc) is 2.45. The maximum absolute atomic E-state index is 6.37. The summed E-state index contributed by atoms with van der Waals surface area (Å²) >= 11 is 12.7. The molecule has 0 saturated heterocycles. The van der Waals surface area contributed by atoms with E-state index in [1.807, 2.05) is 24.3 Å². The van der Waals surface area contributed by atoms with Crippen molar-refractivity contribution in [3.05, 3.63) is 58.1 Å². The van der Waals surface area contributed by atoms with E-state index in [9.17, 15) is 0 Å². The molecule has 0 saturated carbocycles. The fourth-order valence-electron chi connectivity index (χ4n) is 2.81. The van der Waals surface area contributed by atoms with Gasteiger partial charge < -0.3 is 0 Å². The molecule has 102 valence electrons. The van der Waals surface area contributed by atoms with Gasteiger partial charge in [0.1, 0.15) is 0 Å². The van der Waals surface area contributed by atoms with Gasteiger partial charge in [0.2, 0.25) is 0 Å². The molecule has 2 heteroatoms. The van der Waals surface area contributed by atoms with Gasteiger partial charge in [-0.2, -0.15) is 0 Å². The van der Waals surface area contributed by atoms with Gasteiger partial charge in [-0.3, -0.25) is 0 Å². The molecule has 0 aliphatic heterocycles. The van der Waals surface area contributed by atoms with Crippen molar-refractivity contribution in [1.29, 1.82) is 0 Å². The van der Waals surface area contributed by atoms with Crippen LogP contribution >= 0.6 is 23.2 Å². The van der Waals surface area contributed by atoms with E-state index in [1.54, 1.807) is 0 Å². The number of hydrogen-bond donors (Lipinski definition) is 0. The van der Waals surface area contributed by atoms with E-state index >= 15 is 0 Å². The molecular formula is C18H16Cl2. The predicted molar refractivity (Wildman–Crippen MR) is 90.1 cm³/mol. The van der Waals surface area contributed by atoms with Gasteiger partial charge in [0, 0.05) is 20.8 Å². The summed E-state index contributed by atoms with van der Waals surface area (Å²) in [5.74, 6) is 0. The largest absolute Gasteiger partial charge is 0.0837 e. The highest BCUT2D eigenvalue weighted by Crippen LogP contribution is 2.36. The van der Waals surface area contributed by atoms with Crippen molar-refractivity contribution >= 4 is 44.7 Å². The van der Waals surface area contributed by atoms with Gasteiger partial charge in [0.05, 0.1) is 0 Å². The number of unbranched alkanes of at least 4 members (excludes halogenated alkanes) is 1. The number of aryl methyl sites for hydroxylation is 1. The predicted octanol–water partition coefficient (Wildman–Crippen LogP) is 6.64. The van der Waals surface area contributed by atoms with Gasteiger partial charge in [-0.1, -0.05) is 60.8 Å². The standard InChI is InChI=1S/C18H16Cl2/c1-2-3-6-12-13-7-4-9-17(19)15(13)11-16-14(12)8-5-10-18(16)20/h4-5,7-11H,2-3,6H2,1H3. The molecule has 0 fully saturated rings. The zero-order valence-corrected chi connectivity index (χ0v) is 12.9. The lowest BCUT2D eigenvalue weighted by Crippen LogP contribution is -1.91. The van der Waals surface area contributed by atoms with E-state index in [1.165, 1.54) is 29.2 Å². The number of fused-ring (bicyclic) bond motifs is 2.